The highest BCUT2D eigenvalue weighted by atomic mass is 15.4. The van der Waals surface area contributed by atoms with E-state index in [9.17, 15) is 0 Å². The van der Waals surface area contributed by atoms with Crippen LogP contribution in [-0.4, -0.2) is 56.3 Å². The van der Waals surface area contributed by atoms with Gasteiger partial charge in [0.2, 0.25) is 0 Å². The summed E-state index contributed by atoms with van der Waals surface area (Å²) in [7, 11) is 0. The largest absolute Gasteiger partial charge is 0.295 e. The molecule has 1 aliphatic heterocycles. The first-order valence-electron chi connectivity index (χ1n) is 10.1. The van der Waals surface area contributed by atoms with E-state index in [-0.39, 0.29) is 0 Å². The molecule has 5 heteroatoms. The van der Waals surface area contributed by atoms with Gasteiger partial charge in [-0.1, -0.05) is 0 Å². The Labute approximate surface area is 145 Å². The second-order valence-electron chi connectivity index (χ2n) is 8.90. The molecule has 4 aliphatic carbocycles. The van der Waals surface area contributed by atoms with Crippen molar-refractivity contribution in [2.24, 2.45) is 17.8 Å². The second-order valence-corrected chi connectivity index (χ2v) is 8.90. The summed E-state index contributed by atoms with van der Waals surface area (Å²) in [6.07, 6.45) is 10.9. The van der Waals surface area contributed by atoms with E-state index in [0.717, 1.165) is 36.7 Å². The Hall–Kier alpha value is -0.940. The molecule has 0 amide bonds. The van der Waals surface area contributed by atoms with Crippen molar-refractivity contribution in [2.75, 3.05) is 26.2 Å². The van der Waals surface area contributed by atoms with Gasteiger partial charge >= 0.3 is 0 Å². The number of piperazine rings is 1. The molecule has 5 fully saturated rings. The Morgan fingerprint density at radius 2 is 1.62 bits per heavy atom. The maximum atomic E-state index is 4.45. The summed E-state index contributed by atoms with van der Waals surface area (Å²) in [5.41, 5.74) is 0.588. The Kier molecular flexibility index (Phi) is 3.71. The van der Waals surface area contributed by atoms with E-state index >= 15 is 0 Å². The number of nitrogens with zero attached hydrogens (tertiary/aromatic N) is 5. The summed E-state index contributed by atoms with van der Waals surface area (Å²) in [4.78, 5) is 9.93. The van der Waals surface area contributed by atoms with Gasteiger partial charge in [-0.3, -0.25) is 9.80 Å². The number of rotatable bonds is 4. The normalized spacial score (nSPS) is 39.6. The lowest BCUT2D eigenvalue weighted by Gasteiger charge is -2.61. The fourth-order valence-electron chi connectivity index (χ4n) is 6.71. The second kappa shape index (κ2) is 5.80. The van der Waals surface area contributed by atoms with Crippen molar-refractivity contribution in [3.8, 4) is 0 Å². The quantitative estimate of drug-likeness (QED) is 0.850. The lowest BCUT2D eigenvalue weighted by molar-refractivity contribution is -0.102. The van der Waals surface area contributed by atoms with E-state index in [2.05, 4.69) is 26.8 Å². The molecule has 0 radical (unpaired) electrons. The highest BCUT2D eigenvalue weighted by molar-refractivity contribution is 5.08. The Balaban J connectivity index is 1.23. The molecule has 1 aromatic rings. The Bertz CT molecular complexity index is 551. The summed E-state index contributed by atoms with van der Waals surface area (Å²) < 4.78 is 2.03. The molecule has 0 aromatic carbocycles. The standard InChI is InChI=1S/C19H31N5/c1-2-24-18(20-14-21-24)13-22-3-5-23(6-4-22)19-10-15-7-16(11-19)9-17(8-15)12-19/h14-17H,2-13H2,1H3. The average Bonchev–Trinajstić information content (AvgIpc) is 3.01. The molecule has 4 bridgehead atoms. The molecule has 6 rings (SSSR count). The molecule has 1 saturated heterocycles. The van der Waals surface area contributed by atoms with Gasteiger partial charge in [-0.25, -0.2) is 9.67 Å². The van der Waals surface area contributed by atoms with E-state index in [1.165, 1.54) is 45.4 Å². The van der Waals surface area contributed by atoms with Crippen molar-refractivity contribution in [1.29, 1.82) is 0 Å². The van der Waals surface area contributed by atoms with E-state index in [4.69, 9.17) is 0 Å². The summed E-state index contributed by atoms with van der Waals surface area (Å²) in [6, 6.07) is 0. The zero-order chi connectivity index (χ0) is 16.1. The van der Waals surface area contributed by atoms with Crippen LogP contribution in [0.2, 0.25) is 0 Å². The van der Waals surface area contributed by atoms with E-state index < -0.39 is 0 Å². The first-order chi connectivity index (χ1) is 11.7. The molecule has 0 spiro atoms. The lowest BCUT2D eigenvalue weighted by atomic mass is 9.52. The van der Waals surface area contributed by atoms with Gasteiger partial charge in [-0.05, 0) is 63.2 Å². The van der Waals surface area contributed by atoms with Crippen molar-refractivity contribution >= 4 is 0 Å². The zero-order valence-electron chi connectivity index (χ0n) is 15.0. The zero-order valence-corrected chi connectivity index (χ0v) is 15.0. The monoisotopic (exact) mass is 329 g/mol. The molecule has 1 aromatic heterocycles. The molecule has 0 unspecified atom stereocenters. The lowest BCUT2D eigenvalue weighted by Crippen LogP contribution is -2.63. The third-order valence-corrected chi connectivity index (χ3v) is 7.41. The summed E-state index contributed by atoms with van der Waals surface area (Å²) in [6.45, 7) is 8.92. The molecule has 5 aliphatic rings. The number of aryl methyl sites for hydroxylation is 1. The molecule has 5 nitrogen and oxygen atoms in total. The fourth-order valence-corrected chi connectivity index (χ4v) is 6.71. The van der Waals surface area contributed by atoms with Gasteiger partial charge < -0.3 is 0 Å². The number of aromatic nitrogens is 3. The van der Waals surface area contributed by atoms with Crippen LogP contribution in [0.1, 0.15) is 51.3 Å². The molecule has 0 atom stereocenters. The van der Waals surface area contributed by atoms with Crippen molar-refractivity contribution in [3.05, 3.63) is 12.2 Å². The van der Waals surface area contributed by atoms with Crippen LogP contribution in [0.25, 0.3) is 0 Å². The van der Waals surface area contributed by atoms with Crippen LogP contribution in [0.15, 0.2) is 6.33 Å². The van der Waals surface area contributed by atoms with Crippen molar-refractivity contribution in [2.45, 2.75) is 64.1 Å². The van der Waals surface area contributed by atoms with Gasteiger partial charge in [0.15, 0.2) is 0 Å². The van der Waals surface area contributed by atoms with Crippen LogP contribution in [0.5, 0.6) is 0 Å². The third kappa shape index (κ3) is 2.51. The minimum atomic E-state index is 0.588. The van der Waals surface area contributed by atoms with Gasteiger partial charge in [-0.15, -0.1) is 0 Å². The van der Waals surface area contributed by atoms with Gasteiger partial charge in [0, 0.05) is 38.3 Å². The van der Waals surface area contributed by atoms with Crippen LogP contribution < -0.4 is 0 Å². The molecule has 2 heterocycles. The number of hydrogen-bond donors (Lipinski definition) is 0. The maximum Gasteiger partial charge on any atom is 0.140 e. The smallest absolute Gasteiger partial charge is 0.140 e. The first-order valence-corrected chi connectivity index (χ1v) is 10.1. The van der Waals surface area contributed by atoms with Crippen LogP contribution in [0, 0.1) is 17.8 Å². The Morgan fingerprint density at radius 1 is 1.00 bits per heavy atom. The molecule has 132 valence electrons. The molecular weight excluding hydrogens is 298 g/mol. The molecule has 4 saturated carbocycles. The van der Waals surface area contributed by atoms with Crippen LogP contribution in [0.4, 0.5) is 0 Å². The van der Waals surface area contributed by atoms with E-state index in [1.807, 2.05) is 4.68 Å². The fraction of sp³-hybridized carbons (Fsp3) is 0.895. The highest BCUT2D eigenvalue weighted by Crippen LogP contribution is 2.57. The van der Waals surface area contributed by atoms with E-state index in [1.54, 1.807) is 25.6 Å². The average molecular weight is 329 g/mol. The topological polar surface area (TPSA) is 37.2 Å². The van der Waals surface area contributed by atoms with Gasteiger partial charge in [-0.2, -0.15) is 5.10 Å². The van der Waals surface area contributed by atoms with Crippen LogP contribution in [0.3, 0.4) is 0 Å². The van der Waals surface area contributed by atoms with E-state index in [0.29, 0.717) is 5.54 Å². The number of hydrogen-bond acceptors (Lipinski definition) is 4. The first kappa shape index (κ1) is 15.3. The highest BCUT2D eigenvalue weighted by Gasteiger charge is 2.53. The van der Waals surface area contributed by atoms with Crippen LogP contribution in [-0.2, 0) is 13.1 Å². The van der Waals surface area contributed by atoms with Gasteiger partial charge in [0.1, 0.15) is 12.2 Å². The van der Waals surface area contributed by atoms with Crippen molar-refractivity contribution in [3.63, 3.8) is 0 Å². The summed E-state index contributed by atoms with van der Waals surface area (Å²) >= 11 is 0. The van der Waals surface area contributed by atoms with Gasteiger partial charge in [0.25, 0.3) is 0 Å². The molecule has 0 N–H and O–H groups in total. The third-order valence-electron chi connectivity index (χ3n) is 7.41. The van der Waals surface area contributed by atoms with Crippen LogP contribution >= 0.6 is 0 Å². The maximum absolute atomic E-state index is 4.45. The SMILES string of the molecule is CCn1ncnc1CN1CCN(C23CC4CC(CC(C4)C2)C3)CC1. The van der Waals surface area contributed by atoms with Gasteiger partial charge in [0.05, 0.1) is 6.54 Å². The molecular formula is C19H31N5. The van der Waals surface area contributed by atoms with Crippen molar-refractivity contribution < 1.29 is 0 Å². The minimum Gasteiger partial charge on any atom is -0.295 e. The predicted octanol–water partition coefficient (Wildman–Crippen LogP) is 2.38. The Morgan fingerprint density at radius 3 is 2.21 bits per heavy atom. The predicted molar refractivity (Wildman–Crippen MR) is 93.4 cm³/mol. The summed E-state index contributed by atoms with van der Waals surface area (Å²) in [5, 5.41) is 4.31. The van der Waals surface area contributed by atoms with Crippen molar-refractivity contribution in [1.82, 2.24) is 24.6 Å². The minimum absolute atomic E-state index is 0.588. The molecule has 24 heavy (non-hydrogen) atoms. The summed E-state index contributed by atoms with van der Waals surface area (Å²) in [5.74, 6) is 4.29.